The van der Waals surface area contributed by atoms with Crippen LogP contribution in [0.15, 0.2) is 82.6 Å². The number of sulfonamides is 1. The van der Waals surface area contributed by atoms with E-state index in [4.69, 9.17) is 11.6 Å². The number of rotatable bonds is 11. The Morgan fingerprint density at radius 3 is 2.29 bits per heavy atom. The van der Waals surface area contributed by atoms with Gasteiger partial charge in [-0.2, -0.15) is 0 Å². The van der Waals surface area contributed by atoms with Crippen molar-refractivity contribution < 1.29 is 18.0 Å². The Bertz CT molecular complexity index is 1470. The molecule has 0 heterocycles. The fraction of sp³-hybridized carbons (Fsp3) is 0.375. The van der Waals surface area contributed by atoms with E-state index >= 15 is 0 Å². The number of aryl methyl sites for hydroxylation is 1. The monoisotopic (exact) mass is 627 g/mol. The van der Waals surface area contributed by atoms with Crippen molar-refractivity contribution in [3.63, 3.8) is 0 Å². The number of halogens is 1. The lowest BCUT2D eigenvalue weighted by Crippen LogP contribution is -2.53. The van der Waals surface area contributed by atoms with Crippen LogP contribution in [0.5, 0.6) is 0 Å². The highest BCUT2D eigenvalue weighted by molar-refractivity contribution is 7.98. The van der Waals surface area contributed by atoms with Gasteiger partial charge in [0.05, 0.1) is 10.6 Å². The van der Waals surface area contributed by atoms with Crippen LogP contribution >= 0.6 is 23.4 Å². The Balaban J connectivity index is 1.67. The van der Waals surface area contributed by atoms with Crippen molar-refractivity contribution in [2.75, 3.05) is 17.1 Å². The van der Waals surface area contributed by atoms with Crippen molar-refractivity contribution in [2.45, 2.75) is 74.4 Å². The van der Waals surface area contributed by atoms with E-state index < -0.39 is 28.5 Å². The molecule has 0 bridgehead atoms. The van der Waals surface area contributed by atoms with Gasteiger partial charge in [0, 0.05) is 22.5 Å². The first-order chi connectivity index (χ1) is 20.1. The molecule has 42 heavy (non-hydrogen) atoms. The lowest BCUT2D eigenvalue weighted by molar-refractivity contribution is -0.139. The van der Waals surface area contributed by atoms with Crippen LogP contribution in [0.1, 0.15) is 50.2 Å². The van der Waals surface area contributed by atoms with Crippen molar-refractivity contribution in [3.8, 4) is 0 Å². The fourth-order valence-corrected chi connectivity index (χ4v) is 7.13. The first-order valence-corrected chi connectivity index (χ1v) is 17.2. The van der Waals surface area contributed by atoms with Crippen molar-refractivity contribution in [1.82, 2.24) is 10.2 Å². The quantitative estimate of drug-likeness (QED) is 0.248. The largest absolute Gasteiger partial charge is 0.352 e. The smallest absolute Gasteiger partial charge is 0.264 e. The number of thioether (sulfide) groups is 1. The third-order valence-electron chi connectivity index (χ3n) is 7.61. The first kappa shape index (κ1) is 31.9. The molecule has 0 spiro atoms. The number of hydrogen-bond donors (Lipinski definition) is 1. The standard InChI is InChI=1S/C32H38ClN3O4S2/c1-23-12-14-28(15-13-23)36(42(39,40)30-18-16-29(41-3)17-19-30)22-31(37)35(21-25-8-7-9-26(33)20-25)24(2)32(38)34-27-10-5-4-6-11-27/h7-9,12-20,24,27H,4-6,10-11,21-22H2,1-3H3,(H,34,38)/t24-/m1/s1. The Morgan fingerprint density at radius 2 is 1.67 bits per heavy atom. The average molecular weight is 628 g/mol. The minimum Gasteiger partial charge on any atom is -0.352 e. The molecule has 0 aliphatic heterocycles. The molecule has 0 unspecified atom stereocenters. The van der Waals surface area contributed by atoms with E-state index in [1.54, 1.807) is 61.5 Å². The maximum Gasteiger partial charge on any atom is 0.264 e. The average Bonchev–Trinajstić information content (AvgIpc) is 2.99. The van der Waals surface area contributed by atoms with Crippen LogP contribution in [0.3, 0.4) is 0 Å². The van der Waals surface area contributed by atoms with Crippen LogP contribution in [-0.2, 0) is 26.2 Å². The molecule has 1 aliphatic carbocycles. The van der Waals surface area contributed by atoms with Gasteiger partial charge in [-0.15, -0.1) is 11.8 Å². The van der Waals surface area contributed by atoms with Gasteiger partial charge in [-0.3, -0.25) is 13.9 Å². The van der Waals surface area contributed by atoms with Gasteiger partial charge in [0.15, 0.2) is 0 Å². The summed E-state index contributed by atoms with van der Waals surface area (Å²) in [5, 5.41) is 3.63. The van der Waals surface area contributed by atoms with E-state index in [0.29, 0.717) is 10.7 Å². The summed E-state index contributed by atoms with van der Waals surface area (Å²) in [5.74, 6) is -0.749. The number of nitrogens with zero attached hydrogens (tertiary/aromatic N) is 2. The molecular weight excluding hydrogens is 590 g/mol. The van der Waals surface area contributed by atoms with E-state index in [-0.39, 0.29) is 23.4 Å². The summed E-state index contributed by atoms with van der Waals surface area (Å²) >= 11 is 7.75. The molecule has 2 amide bonds. The molecule has 1 atom stereocenters. The lowest BCUT2D eigenvalue weighted by atomic mass is 9.95. The van der Waals surface area contributed by atoms with Crippen molar-refractivity contribution in [3.05, 3.63) is 88.9 Å². The van der Waals surface area contributed by atoms with E-state index in [9.17, 15) is 18.0 Å². The summed E-state index contributed by atoms with van der Waals surface area (Å²) in [6, 6.07) is 19.9. The second kappa shape index (κ2) is 14.4. The highest BCUT2D eigenvalue weighted by Gasteiger charge is 2.33. The van der Waals surface area contributed by atoms with Gasteiger partial charge in [0.2, 0.25) is 11.8 Å². The number of amides is 2. The maximum absolute atomic E-state index is 14.1. The van der Waals surface area contributed by atoms with Crippen LogP contribution in [0, 0.1) is 6.92 Å². The minimum absolute atomic E-state index is 0.0745. The van der Waals surface area contributed by atoms with Gasteiger partial charge < -0.3 is 10.2 Å². The molecule has 1 N–H and O–H groups in total. The zero-order valence-electron chi connectivity index (χ0n) is 24.3. The van der Waals surface area contributed by atoms with Gasteiger partial charge in [0.25, 0.3) is 10.0 Å². The summed E-state index contributed by atoms with van der Waals surface area (Å²) in [6.45, 7) is 3.22. The van der Waals surface area contributed by atoms with Crippen LogP contribution < -0.4 is 9.62 Å². The molecule has 0 radical (unpaired) electrons. The van der Waals surface area contributed by atoms with Crippen molar-refractivity contribution in [1.29, 1.82) is 0 Å². The molecule has 224 valence electrons. The number of nitrogens with one attached hydrogen (secondary N) is 1. The summed E-state index contributed by atoms with van der Waals surface area (Å²) in [6.07, 6.45) is 7.02. The third-order valence-corrected chi connectivity index (χ3v) is 10.4. The maximum atomic E-state index is 14.1. The molecule has 1 aliphatic rings. The van der Waals surface area contributed by atoms with Gasteiger partial charge in [-0.25, -0.2) is 8.42 Å². The van der Waals surface area contributed by atoms with E-state index in [0.717, 1.165) is 52.4 Å². The number of carbonyl (C=O) groups is 2. The Kier molecular flexibility index (Phi) is 11.0. The number of benzene rings is 3. The Morgan fingerprint density at radius 1 is 1.00 bits per heavy atom. The summed E-state index contributed by atoms with van der Waals surface area (Å²) in [4.78, 5) is 30.0. The minimum atomic E-state index is -4.11. The molecule has 3 aromatic carbocycles. The van der Waals surface area contributed by atoms with Gasteiger partial charge in [0.1, 0.15) is 12.6 Å². The summed E-state index contributed by atoms with van der Waals surface area (Å²) < 4.78 is 29.1. The molecule has 7 nitrogen and oxygen atoms in total. The van der Waals surface area contributed by atoms with E-state index in [2.05, 4.69) is 5.32 Å². The van der Waals surface area contributed by atoms with Crippen LogP contribution in [-0.4, -0.2) is 50.0 Å². The lowest BCUT2D eigenvalue weighted by Gasteiger charge is -2.33. The molecular formula is C32H38ClN3O4S2. The van der Waals surface area contributed by atoms with Crippen molar-refractivity contribution >= 4 is 50.9 Å². The fourth-order valence-electron chi connectivity index (χ4n) is 5.10. The van der Waals surface area contributed by atoms with Gasteiger partial charge in [-0.05, 0) is 87.0 Å². The predicted molar refractivity (Wildman–Crippen MR) is 170 cm³/mol. The van der Waals surface area contributed by atoms with Gasteiger partial charge in [-0.1, -0.05) is 60.7 Å². The highest BCUT2D eigenvalue weighted by atomic mass is 35.5. The second-order valence-corrected chi connectivity index (χ2v) is 13.9. The zero-order chi connectivity index (χ0) is 30.3. The molecule has 1 saturated carbocycles. The molecule has 4 rings (SSSR count). The molecule has 3 aromatic rings. The number of hydrogen-bond acceptors (Lipinski definition) is 5. The van der Waals surface area contributed by atoms with Crippen LogP contribution in [0.25, 0.3) is 0 Å². The van der Waals surface area contributed by atoms with Crippen LogP contribution in [0.4, 0.5) is 5.69 Å². The van der Waals surface area contributed by atoms with Crippen LogP contribution in [0.2, 0.25) is 5.02 Å². The molecule has 0 saturated heterocycles. The molecule has 0 aromatic heterocycles. The Hall–Kier alpha value is -3.01. The van der Waals surface area contributed by atoms with E-state index in [1.165, 1.54) is 16.7 Å². The second-order valence-electron chi connectivity index (χ2n) is 10.7. The first-order valence-electron chi connectivity index (χ1n) is 14.2. The SMILES string of the molecule is CSc1ccc(S(=O)(=O)N(CC(=O)N(Cc2cccc(Cl)c2)[C@H](C)C(=O)NC2CCCCC2)c2ccc(C)cc2)cc1. The number of anilines is 1. The van der Waals surface area contributed by atoms with E-state index in [1.807, 2.05) is 31.4 Å². The normalized spacial score (nSPS) is 14.7. The topological polar surface area (TPSA) is 86.8 Å². The van der Waals surface area contributed by atoms with Gasteiger partial charge >= 0.3 is 0 Å². The molecule has 10 heteroatoms. The third kappa shape index (κ3) is 8.08. The predicted octanol–water partition coefficient (Wildman–Crippen LogP) is 6.43. The highest BCUT2D eigenvalue weighted by Crippen LogP contribution is 2.27. The molecule has 1 fully saturated rings. The zero-order valence-corrected chi connectivity index (χ0v) is 26.6. The van der Waals surface area contributed by atoms with Crippen molar-refractivity contribution in [2.24, 2.45) is 0 Å². The number of carbonyl (C=O) groups excluding carboxylic acids is 2. The Labute approximate surface area is 258 Å². The summed E-state index contributed by atoms with van der Waals surface area (Å²) in [5.41, 5.74) is 2.07. The summed E-state index contributed by atoms with van der Waals surface area (Å²) in [7, 11) is -4.11.